The summed E-state index contributed by atoms with van der Waals surface area (Å²) in [6.45, 7) is 10.8. The summed E-state index contributed by atoms with van der Waals surface area (Å²) in [6.07, 6.45) is 0.997. The van der Waals surface area contributed by atoms with Gasteiger partial charge in [0.1, 0.15) is 15.9 Å². The topological polar surface area (TPSA) is 120 Å². The van der Waals surface area contributed by atoms with Crippen LogP contribution >= 0.6 is 15.9 Å². The van der Waals surface area contributed by atoms with Gasteiger partial charge in [0.2, 0.25) is 0 Å². The van der Waals surface area contributed by atoms with Crippen LogP contribution < -0.4 is 16.0 Å². The Morgan fingerprint density at radius 3 is 2.50 bits per heavy atom. The summed E-state index contributed by atoms with van der Waals surface area (Å²) in [5.41, 5.74) is 5.46. The molecule has 2 aliphatic rings. The summed E-state index contributed by atoms with van der Waals surface area (Å²) >= 11 is 3.24. The van der Waals surface area contributed by atoms with Gasteiger partial charge in [0.25, 0.3) is 0 Å². The molecule has 1 aromatic heterocycles. The molecule has 0 radical (unpaired) electrons. The minimum absolute atomic E-state index is 0.111. The lowest BCUT2D eigenvalue weighted by Crippen LogP contribution is -2.55. The quantitative estimate of drug-likeness (QED) is 0.629. The van der Waals surface area contributed by atoms with E-state index in [-0.39, 0.29) is 29.2 Å². The van der Waals surface area contributed by atoms with Gasteiger partial charge in [0.15, 0.2) is 17.4 Å². The third-order valence-corrected chi connectivity index (χ3v) is 6.27. The molecule has 0 saturated carbocycles. The highest BCUT2D eigenvalue weighted by molar-refractivity contribution is 9.10. The minimum atomic E-state index is -0.563. The van der Waals surface area contributed by atoms with Crippen molar-refractivity contribution in [3.05, 3.63) is 10.3 Å². The zero-order chi connectivity index (χ0) is 22.3. The average molecular weight is 484 g/mol. The van der Waals surface area contributed by atoms with Crippen molar-refractivity contribution in [3.63, 3.8) is 0 Å². The third kappa shape index (κ3) is 4.69. The van der Waals surface area contributed by atoms with Gasteiger partial charge in [-0.25, -0.2) is 14.8 Å². The lowest BCUT2D eigenvalue weighted by molar-refractivity contribution is 0.0434. The van der Waals surface area contributed by atoms with E-state index in [0.29, 0.717) is 35.8 Å². The number of piperidine rings is 1. The highest BCUT2D eigenvalue weighted by atomic mass is 79.9. The van der Waals surface area contributed by atoms with Crippen LogP contribution in [0.15, 0.2) is 4.60 Å². The summed E-state index contributed by atoms with van der Waals surface area (Å²) in [5, 5.41) is 3.03. The van der Waals surface area contributed by atoms with Gasteiger partial charge in [-0.3, -0.25) is 4.79 Å². The maximum absolute atomic E-state index is 12.4. The molecule has 0 aliphatic carbocycles. The number of hydrogen-bond acceptors (Lipinski definition) is 8. The number of nitrogens with one attached hydrogen (secondary N) is 1. The SMILES string of the molecule is CC(=O)c1nc(Br)c(N)nc1N1CCC2(CC1)CO[C@@H](C)[C@H]2NC(=O)OC(C)(C)C. The first-order valence-electron chi connectivity index (χ1n) is 10.1. The number of aromatic nitrogens is 2. The number of amides is 1. The molecule has 10 heteroatoms. The number of nitrogens with two attached hydrogens (primary N) is 1. The Morgan fingerprint density at radius 2 is 1.93 bits per heavy atom. The van der Waals surface area contributed by atoms with Crippen LogP contribution in [0.5, 0.6) is 0 Å². The predicted octanol–water partition coefficient (Wildman–Crippen LogP) is 2.92. The Balaban J connectivity index is 1.76. The van der Waals surface area contributed by atoms with Crippen molar-refractivity contribution in [3.8, 4) is 0 Å². The average Bonchev–Trinajstić information content (AvgIpc) is 2.92. The van der Waals surface area contributed by atoms with Crippen molar-refractivity contribution in [2.24, 2.45) is 5.41 Å². The van der Waals surface area contributed by atoms with Crippen LogP contribution in [-0.4, -0.2) is 59.3 Å². The summed E-state index contributed by atoms with van der Waals surface area (Å²) < 4.78 is 11.7. The first kappa shape index (κ1) is 22.7. The van der Waals surface area contributed by atoms with Crippen molar-refractivity contribution in [2.75, 3.05) is 30.3 Å². The zero-order valence-corrected chi connectivity index (χ0v) is 19.7. The van der Waals surface area contributed by atoms with Crippen LogP contribution in [0, 0.1) is 5.41 Å². The van der Waals surface area contributed by atoms with Crippen LogP contribution in [0.25, 0.3) is 0 Å². The molecule has 166 valence electrons. The van der Waals surface area contributed by atoms with E-state index in [4.69, 9.17) is 15.2 Å². The molecule has 0 aromatic carbocycles. The van der Waals surface area contributed by atoms with Gasteiger partial charge in [-0.15, -0.1) is 0 Å². The van der Waals surface area contributed by atoms with Crippen LogP contribution in [0.3, 0.4) is 0 Å². The Morgan fingerprint density at radius 1 is 1.30 bits per heavy atom. The molecule has 9 nitrogen and oxygen atoms in total. The standard InChI is InChI=1S/C20H30BrN5O4/c1-11(27)13-17(25-16(22)15(21)23-13)26-8-6-20(7-9-26)10-29-12(2)14(20)24-18(28)30-19(3,4)5/h12,14H,6-10H2,1-5H3,(H2,22,25)(H,24,28)/t12-,14+/m0/s1. The Labute approximate surface area is 185 Å². The van der Waals surface area contributed by atoms with E-state index in [1.807, 2.05) is 32.6 Å². The number of anilines is 2. The molecule has 2 saturated heterocycles. The van der Waals surface area contributed by atoms with E-state index < -0.39 is 11.7 Å². The number of nitrogen functional groups attached to an aromatic ring is 1. The van der Waals surface area contributed by atoms with E-state index in [1.165, 1.54) is 6.92 Å². The van der Waals surface area contributed by atoms with Crippen molar-refractivity contribution in [1.82, 2.24) is 15.3 Å². The molecule has 3 N–H and O–H groups in total. The maximum Gasteiger partial charge on any atom is 0.407 e. The number of carbonyl (C=O) groups excluding carboxylic acids is 2. The summed E-state index contributed by atoms with van der Waals surface area (Å²) in [5.74, 6) is 0.583. The van der Waals surface area contributed by atoms with Gasteiger partial charge in [-0.1, -0.05) is 0 Å². The van der Waals surface area contributed by atoms with E-state index >= 15 is 0 Å². The van der Waals surface area contributed by atoms with Crippen LogP contribution in [0.1, 0.15) is 57.9 Å². The molecular weight excluding hydrogens is 454 g/mol. The molecule has 1 amide bonds. The molecular formula is C20H30BrN5O4. The number of halogens is 1. The van der Waals surface area contributed by atoms with Crippen LogP contribution in [0.2, 0.25) is 0 Å². The second kappa shape index (κ2) is 8.30. The van der Waals surface area contributed by atoms with Crippen molar-refractivity contribution < 1.29 is 19.1 Å². The summed E-state index contributed by atoms with van der Waals surface area (Å²) in [7, 11) is 0. The molecule has 2 atom stereocenters. The van der Waals surface area contributed by atoms with Gasteiger partial charge >= 0.3 is 6.09 Å². The van der Waals surface area contributed by atoms with Crippen molar-refractivity contribution >= 4 is 39.4 Å². The molecule has 2 aliphatic heterocycles. The Hall–Kier alpha value is -1.94. The number of Topliss-reactive ketones (excluding diaryl/α,β-unsaturated/α-hetero) is 1. The molecule has 1 spiro atoms. The second-order valence-electron chi connectivity index (χ2n) is 9.12. The lowest BCUT2D eigenvalue weighted by Gasteiger charge is -2.43. The number of alkyl carbamates (subject to hydrolysis) is 1. The van der Waals surface area contributed by atoms with Gasteiger partial charge in [0.05, 0.1) is 18.8 Å². The van der Waals surface area contributed by atoms with E-state index in [2.05, 4.69) is 31.2 Å². The Bertz CT molecular complexity index is 833. The molecule has 3 heterocycles. The van der Waals surface area contributed by atoms with Gasteiger partial charge < -0.3 is 25.4 Å². The van der Waals surface area contributed by atoms with Gasteiger partial charge in [0, 0.05) is 25.4 Å². The number of carbonyl (C=O) groups is 2. The molecule has 0 unspecified atom stereocenters. The minimum Gasteiger partial charge on any atom is -0.444 e. The highest BCUT2D eigenvalue weighted by Crippen LogP contribution is 2.43. The molecule has 3 rings (SSSR count). The molecule has 2 fully saturated rings. The van der Waals surface area contributed by atoms with E-state index in [1.54, 1.807) is 0 Å². The maximum atomic E-state index is 12.4. The predicted molar refractivity (Wildman–Crippen MR) is 117 cm³/mol. The third-order valence-electron chi connectivity index (χ3n) is 5.69. The van der Waals surface area contributed by atoms with E-state index in [9.17, 15) is 9.59 Å². The number of ketones is 1. The summed E-state index contributed by atoms with van der Waals surface area (Å²) in [6, 6.07) is -0.150. The monoisotopic (exact) mass is 483 g/mol. The van der Waals surface area contributed by atoms with E-state index in [0.717, 1.165) is 12.8 Å². The number of nitrogens with zero attached hydrogens (tertiary/aromatic N) is 3. The fraction of sp³-hybridized carbons (Fsp3) is 0.700. The first-order chi connectivity index (χ1) is 13.9. The smallest absolute Gasteiger partial charge is 0.407 e. The van der Waals surface area contributed by atoms with Crippen LogP contribution in [0.4, 0.5) is 16.4 Å². The van der Waals surface area contributed by atoms with Gasteiger partial charge in [-0.05, 0) is 56.5 Å². The number of rotatable bonds is 3. The Kier molecular flexibility index (Phi) is 6.29. The van der Waals surface area contributed by atoms with Crippen molar-refractivity contribution in [1.29, 1.82) is 0 Å². The normalized spacial score (nSPS) is 23.5. The second-order valence-corrected chi connectivity index (χ2v) is 9.87. The zero-order valence-electron chi connectivity index (χ0n) is 18.1. The fourth-order valence-corrected chi connectivity index (χ4v) is 4.45. The fourth-order valence-electron chi connectivity index (χ4n) is 4.18. The molecule has 1 aromatic rings. The largest absolute Gasteiger partial charge is 0.444 e. The lowest BCUT2D eigenvalue weighted by atomic mass is 9.73. The number of hydrogen-bond donors (Lipinski definition) is 2. The van der Waals surface area contributed by atoms with Crippen LogP contribution in [-0.2, 0) is 9.47 Å². The highest BCUT2D eigenvalue weighted by Gasteiger charge is 2.50. The molecule has 0 bridgehead atoms. The number of ether oxygens (including phenoxy) is 2. The molecule has 30 heavy (non-hydrogen) atoms. The van der Waals surface area contributed by atoms with Gasteiger partial charge in [-0.2, -0.15) is 0 Å². The van der Waals surface area contributed by atoms with Crippen molar-refractivity contribution in [2.45, 2.75) is 65.2 Å². The first-order valence-corrected chi connectivity index (χ1v) is 10.9. The summed E-state index contributed by atoms with van der Waals surface area (Å²) in [4.78, 5) is 35.2.